The number of aliphatic hydroxyl groups excluding tert-OH is 1. The van der Waals surface area contributed by atoms with E-state index in [1.165, 1.54) is 0 Å². The second-order valence-electron chi connectivity index (χ2n) is 7.86. The molecule has 0 spiro atoms. The van der Waals surface area contributed by atoms with E-state index in [4.69, 9.17) is 15.4 Å². The van der Waals surface area contributed by atoms with E-state index in [-0.39, 0.29) is 12.6 Å². The quantitative estimate of drug-likeness (QED) is 0.485. The number of benzene rings is 1. The third-order valence-electron chi connectivity index (χ3n) is 5.77. The third-order valence-corrected chi connectivity index (χ3v) is 5.77. The van der Waals surface area contributed by atoms with Crippen molar-refractivity contribution in [3.8, 4) is 23.2 Å². The van der Waals surface area contributed by atoms with Crippen molar-refractivity contribution < 1.29 is 9.63 Å². The molecule has 0 saturated heterocycles. The summed E-state index contributed by atoms with van der Waals surface area (Å²) in [5.74, 6) is 8.72. The van der Waals surface area contributed by atoms with Crippen molar-refractivity contribution in [2.24, 2.45) is 11.7 Å². The summed E-state index contributed by atoms with van der Waals surface area (Å²) in [6.45, 7) is 3.33. The molecule has 4 rings (SSSR count). The third kappa shape index (κ3) is 4.88. The lowest BCUT2D eigenvalue weighted by Crippen LogP contribution is -2.41. The summed E-state index contributed by atoms with van der Waals surface area (Å²) in [4.78, 5) is 4.38. The molecule has 0 unspecified atom stereocenters. The van der Waals surface area contributed by atoms with Gasteiger partial charge in [0, 0.05) is 61.1 Å². The van der Waals surface area contributed by atoms with Crippen molar-refractivity contribution in [1.82, 2.24) is 20.0 Å². The SMILES string of the molecule is CCc1nccn1[C@H](CN)c1cc(-c2ccc(C#CC3CC(NCCO)C3)cc2)on1. The Labute approximate surface area is 182 Å². The molecule has 1 atom stereocenters. The second-order valence-corrected chi connectivity index (χ2v) is 7.86. The van der Waals surface area contributed by atoms with E-state index in [9.17, 15) is 0 Å². The Kier molecular flexibility index (Phi) is 6.82. The van der Waals surface area contributed by atoms with Crippen LogP contribution in [0.3, 0.4) is 0 Å². The number of nitrogens with one attached hydrogen (secondary N) is 1. The van der Waals surface area contributed by atoms with Gasteiger partial charge in [-0.1, -0.05) is 23.9 Å². The molecule has 3 aromatic rings. The summed E-state index contributed by atoms with van der Waals surface area (Å²) in [7, 11) is 0. The molecule has 1 aliphatic carbocycles. The van der Waals surface area contributed by atoms with Gasteiger partial charge >= 0.3 is 0 Å². The highest BCUT2D eigenvalue weighted by Crippen LogP contribution is 2.27. The van der Waals surface area contributed by atoms with Gasteiger partial charge in [0.15, 0.2) is 5.76 Å². The molecular weight excluding hydrogens is 390 g/mol. The molecule has 1 aliphatic rings. The summed E-state index contributed by atoms with van der Waals surface area (Å²) >= 11 is 0. The predicted molar refractivity (Wildman–Crippen MR) is 119 cm³/mol. The molecular formula is C24H29N5O2. The van der Waals surface area contributed by atoms with E-state index in [0.29, 0.717) is 30.8 Å². The van der Waals surface area contributed by atoms with Crippen molar-refractivity contribution in [2.45, 2.75) is 38.3 Å². The van der Waals surface area contributed by atoms with Crippen molar-refractivity contribution in [3.05, 3.63) is 59.8 Å². The Hall–Kier alpha value is -2.92. The number of imidazole rings is 1. The Bertz CT molecular complexity index is 1040. The largest absolute Gasteiger partial charge is 0.395 e. The number of hydrogen-bond acceptors (Lipinski definition) is 6. The van der Waals surface area contributed by atoms with Crippen LogP contribution in [0.15, 0.2) is 47.2 Å². The molecule has 2 heterocycles. The first kappa shape index (κ1) is 21.3. The van der Waals surface area contributed by atoms with E-state index in [0.717, 1.165) is 41.9 Å². The minimum absolute atomic E-state index is 0.0988. The van der Waals surface area contributed by atoms with Gasteiger partial charge in [-0.15, -0.1) is 0 Å². The van der Waals surface area contributed by atoms with Gasteiger partial charge in [-0.05, 0) is 37.1 Å². The Morgan fingerprint density at radius 2 is 2.13 bits per heavy atom. The van der Waals surface area contributed by atoms with E-state index < -0.39 is 0 Å². The molecule has 0 amide bonds. The van der Waals surface area contributed by atoms with Gasteiger partial charge in [-0.3, -0.25) is 0 Å². The average Bonchev–Trinajstić information content (AvgIpc) is 3.44. The number of rotatable bonds is 8. The van der Waals surface area contributed by atoms with E-state index in [2.05, 4.69) is 38.8 Å². The first-order chi connectivity index (χ1) is 15.2. The van der Waals surface area contributed by atoms with E-state index in [1.807, 2.05) is 36.5 Å². The molecule has 7 nitrogen and oxygen atoms in total. The van der Waals surface area contributed by atoms with Crippen LogP contribution in [-0.4, -0.2) is 45.6 Å². The molecule has 0 aliphatic heterocycles. The molecule has 4 N–H and O–H groups in total. The maximum Gasteiger partial charge on any atom is 0.167 e. The fourth-order valence-electron chi connectivity index (χ4n) is 3.93. The van der Waals surface area contributed by atoms with E-state index in [1.54, 1.807) is 6.20 Å². The molecule has 2 aromatic heterocycles. The average molecular weight is 420 g/mol. The summed E-state index contributed by atoms with van der Waals surface area (Å²) in [6.07, 6.45) is 6.65. The van der Waals surface area contributed by atoms with Gasteiger partial charge < -0.3 is 25.2 Å². The van der Waals surface area contributed by atoms with Crippen LogP contribution in [0.5, 0.6) is 0 Å². The summed E-state index contributed by atoms with van der Waals surface area (Å²) in [5, 5.41) is 16.4. The zero-order valence-electron chi connectivity index (χ0n) is 17.8. The van der Waals surface area contributed by atoms with Crippen molar-refractivity contribution in [1.29, 1.82) is 0 Å². The lowest BCUT2D eigenvalue weighted by molar-refractivity contribution is 0.237. The first-order valence-electron chi connectivity index (χ1n) is 10.9. The summed E-state index contributed by atoms with van der Waals surface area (Å²) < 4.78 is 7.67. The molecule has 0 bridgehead atoms. The topological polar surface area (TPSA) is 102 Å². The normalized spacial score (nSPS) is 18.8. The number of nitrogens with zero attached hydrogens (tertiary/aromatic N) is 3. The van der Waals surface area contributed by atoms with E-state index >= 15 is 0 Å². The lowest BCUT2D eigenvalue weighted by Gasteiger charge is -2.32. The van der Waals surface area contributed by atoms with Crippen LogP contribution in [0.4, 0.5) is 0 Å². The molecule has 162 valence electrons. The lowest BCUT2D eigenvalue weighted by atomic mass is 9.80. The standard InChI is InChI=1S/C24H29N5O2/c1-2-24-27-9-11-29(24)22(16-25)21-15-23(31-28-21)19-7-5-17(6-8-19)3-4-18-13-20(14-18)26-10-12-30/h5-9,11,15,18,20,22,26,30H,2,10,12-14,16,25H2,1H3/t18?,20?,22-/m1/s1. The predicted octanol–water partition coefficient (Wildman–Crippen LogP) is 2.36. The zero-order chi connectivity index (χ0) is 21.6. The van der Waals surface area contributed by atoms with Crippen molar-refractivity contribution in [2.75, 3.05) is 19.7 Å². The van der Waals surface area contributed by atoms with Crippen molar-refractivity contribution in [3.63, 3.8) is 0 Å². The Morgan fingerprint density at radius 1 is 1.32 bits per heavy atom. The molecule has 1 aromatic carbocycles. The fourth-order valence-corrected chi connectivity index (χ4v) is 3.93. The molecule has 0 radical (unpaired) electrons. The smallest absolute Gasteiger partial charge is 0.167 e. The maximum atomic E-state index is 8.85. The van der Waals surface area contributed by atoms with Gasteiger partial charge in [-0.25, -0.2) is 4.98 Å². The highest BCUT2D eigenvalue weighted by atomic mass is 16.5. The summed E-state index contributed by atoms with van der Waals surface area (Å²) in [6, 6.07) is 10.4. The Balaban J connectivity index is 1.40. The van der Waals surface area contributed by atoms with Gasteiger partial charge in [0.1, 0.15) is 11.5 Å². The molecule has 31 heavy (non-hydrogen) atoms. The number of aliphatic hydroxyl groups is 1. The minimum atomic E-state index is -0.0988. The number of aromatic nitrogens is 3. The number of aryl methyl sites for hydroxylation is 1. The highest BCUT2D eigenvalue weighted by molar-refractivity contribution is 5.59. The Morgan fingerprint density at radius 3 is 2.84 bits per heavy atom. The zero-order valence-corrected chi connectivity index (χ0v) is 17.8. The van der Waals surface area contributed by atoms with Crippen LogP contribution in [-0.2, 0) is 6.42 Å². The number of nitrogens with two attached hydrogens (primary N) is 1. The molecule has 1 saturated carbocycles. The molecule has 7 heteroatoms. The summed E-state index contributed by atoms with van der Waals surface area (Å²) in [5.41, 5.74) is 8.77. The second kappa shape index (κ2) is 9.92. The van der Waals surface area contributed by atoms with Gasteiger partial charge in [-0.2, -0.15) is 0 Å². The van der Waals surface area contributed by atoms with Crippen LogP contribution in [0.2, 0.25) is 0 Å². The first-order valence-corrected chi connectivity index (χ1v) is 10.9. The number of hydrogen-bond donors (Lipinski definition) is 3. The van der Waals surface area contributed by atoms with Crippen LogP contribution >= 0.6 is 0 Å². The van der Waals surface area contributed by atoms with Crippen LogP contribution < -0.4 is 11.1 Å². The van der Waals surface area contributed by atoms with Gasteiger partial charge in [0.2, 0.25) is 0 Å². The van der Waals surface area contributed by atoms with Gasteiger partial charge in [0.05, 0.1) is 12.6 Å². The fraction of sp³-hybridized carbons (Fsp3) is 0.417. The van der Waals surface area contributed by atoms with Crippen LogP contribution in [0.25, 0.3) is 11.3 Å². The van der Waals surface area contributed by atoms with Gasteiger partial charge in [0.25, 0.3) is 0 Å². The van der Waals surface area contributed by atoms with Crippen LogP contribution in [0.1, 0.15) is 42.9 Å². The highest BCUT2D eigenvalue weighted by Gasteiger charge is 2.26. The van der Waals surface area contributed by atoms with Crippen LogP contribution in [0, 0.1) is 17.8 Å². The monoisotopic (exact) mass is 419 g/mol. The minimum Gasteiger partial charge on any atom is -0.395 e. The van der Waals surface area contributed by atoms with Crippen molar-refractivity contribution >= 4 is 0 Å². The maximum absolute atomic E-state index is 8.85. The molecule has 1 fully saturated rings.